The van der Waals surface area contributed by atoms with Gasteiger partial charge in [-0.1, -0.05) is 23.7 Å². The van der Waals surface area contributed by atoms with Gasteiger partial charge in [0.1, 0.15) is 16.8 Å². The number of hydrogen-bond acceptors (Lipinski definition) is 4. The van der Waals surface area contributed by atoms with Gasteiger partial charge in [0.15, 0.2) is 5.75 Å². The molecule has 0 heterocycles. The van der Waals surface area contributed by atoms with Gasteiger partial charge in [0.2, 0.25) is 0 Å². The van der Waals surface area contributed by atoms with E-state index >= 15 is 0 Å². The second-order valence-electron chi connectivity index (χ2n) is 3.72. The summed E-state index contributed by atoms with van der Waals surface area (Å²) in [6, 6.07) is 10.6. The second-order valence-corrected chi connectivity index (χ2v) is 5.67. The average molecular weight is 312 g/mol. The molecule has 0 bridgehead atoms. The number of nitriles is 1. The van der Waals surface area contributed by atoms with Gasteiger partial charge in [-0.05, 0) is 30.3 Å². The normalized spacial score (nSPS) is 10.8. The standard InChI is InChI=1S/C13H7ClFNO3S/c14-11-7-10(5-6-12(11)15)20(17,18)19-13-4-2-1-3-9(13)8-16/h1-7H. The molecule has 7 heteroatoms. The summed E-state index contributed by atoms with van der Waals surface area (Å²) in [4.78, 5) is -0.295. The monoisotopic (exact) mass is 311 g/mol. The molecular weight excluding hydrogens is 305 g/mol. The Balaban J connectivity index is 2.41. The SMILES string of the molecule is N#Cc1ccccc1OS(=O)(=O)c1ccc(F)c(Cl)c1. The highest BCUT2D eigenvalue weighted by Crippen LogP contribution is 2.24. The smallest absolute Gasteiger partial charge is 0.339 e. The van der Waals surface area contributed by atoms with Crippen LogP contribution in [0.3, 0.4) is 0 Å². The van der Waals surface area contributed by atoms with Crippen molar-refractivity contribution in [1.29, 1.82) is 5.26 Å². The van der Waals surface area contributed by atoms with Crippen LogP contribution >= 0.6 is 11.6 Å². The van der Waals surface area contributed by atoms with Crippen LogP contribution in [-0.4, -0.2) is 8.42 Å². The molecule has 0 N–H and O–H groups in total. The van der Waals surface area contributed by atoms with Gasteiger partial charge < -0.3 is 4.18 Å². The van der Waals surface area contributed by atoms with Gasteiger partial charge in [0.05, 0.1) is 10.6 Å². The van der Waals surface area contributed by atoms with Crippen molar-refractivity contribution >= 4 is 21.7 Å². The summed E-state index contributed by atoms with van der Waals surface area (Å²) >= 11 is 5.53. The third-order valence-corrected chi connectivity index (χ3v) is 3.91. The Morgan fingerprint density at radius 1 is 1.20 bits per heavy atom. The van der Waals surface area contributed by atoms with Crippen molar-refractivity contribution in [3.05, 3.63) is 58.9 Å². The lowest BCUT2D eigenvalue weighted by atomic mass is 10.2. The Morgan fingerprint density at radius 3 is 2.55 bits per heavy atom. The average Bonchev–Trinajstić information content (AvgIpc) is 2.42. The Labute approximate surface area is 120 Å². The molecule has 0 unspecified atom stereocenters. The van der Waals surface area contributed by atoms with Crippen LogP contribution in [0.4, 0.5) is 4.39 Å². The Hall–Kier alpha value is -2.10. The molecule has 20 heavy (non-hydrogen) atoms. The first-order chi connectivity index (χ1) is 9.44. The molecule has 0 amide bonds. The maximum absolute atomic E-state index is 13.0. The molecule has 0 aromatic heterocycles. The number of hydrogen-bond donors (Lipinski definition) is 0. The fourth-order valence-electron chi connectivity index (χ4n) is 1.43. The fourth-order valence-corrected chi connectivity index (χ4v) is 2.65. The van der Waals surface area contributed by atoms with E-state index in [1.54, 1.807) is 6.07 Å². The van der Waals surface area contributed by atoms with E-state index in [0.29, 0.717) is 0 Å². The minimum Gasteiger partial charge on any atom is -0.378 e. The zero-order valence-electron chi connectivity index (χ0n) is 9.88. The van der Waals surface area contributed by atoms with Gasteiger partial charge in [-0.3, -0.25) is 0 Å². The summed E-state index contributed by atoms with van der Waals surface area (Å²) in [6.07, 6.45) is 0. The molecule has 0 saturated heterocycles. The molecule has 4 nitrogen and oxygen atoms in total. The first kappa shape index (κ1) is 14.3. The van der Waals surface area contributed by atoms with Crippen LogP contribution in [-0.2, 0) is 10.1 Å². The summed E-state index contributed by atoms with van der Waals surface area (Å²) in [5, 5.41) is 8.54. The molecule has 0 aliphatic carbocycles. The molecule has 0 aliphatic rings. The third kappa shape index (κ3) is 2.90. The van der Waals surface area contributed by atoms with Crippen LogP contribution in [0, 0.1) is 17.1 Å². The van der Waals surface area contributed by atoms with E-state index in [4.69, 9.17) is 21.0 Å². The van der Waals surface area contributed by atoms with E-state index in [0.717, 1.165) is 18.2 Å². The van der Waals surface area contributed by atoms with Crippen LogP contribution in [0.1, 0.15) is 5.56 Å². The van der Waals surface area contributed by atoms with E-state index in [1.807, 2.05) is 6.07 Å². The van der Waals surface area contributed by atoms with E-state index in [9.17, 15) is 12.8 Å². The molecule has 102 valence electrons. The van der Waals surface area contributed by atoms with Crippen molar-refractivity contribution in [2.45, 2.75) is 4.90 Å². The molecule has 2 rings (SSSR count). The molecular formula is C13H7ClFNO3S. The van der Waals surface area contributed by atoms with Crippen LogP contribution in [0.5, 0.6) is 5.75 Å². The van der Waals surface area contributed by atoms with Gasteiger partial charge in [0.25, 0.3) is 0 Å². The molecule has 0 saturated carbocycles. The molecule has 0 spiro atoms. The second kappa shape index (κ2) is 5.49. The highest BCUT2D eigenvalue weighted by molar-refractivity contribution is 7.87. The number of para-hydroxylation sites is 1. The first-order valence-corrected chi connectivity index (χ1v) is 7.11. The minimum atomic E-state index is -4.19. The number of nitrogens with zero attached hydrogens (tertiary/aromatic N) is 1. The van der Waals surface area contributed by atoms with Crippen molar-refractivity contribution in [3.8, 4) is 11.8 Å². The predicted molar refractivity (Wildman–Crippen MR) is 70.4 cm³/mol. The predicted octanol–water partition coefficient (Wildman–Crippen LogP) is 3.12. The third-order valence-electron chi connectivity index (χ3n) is 2.39. The quantitative estimate of drug-likeness (QED) is 0.817. The zero-order valence-corrected chi connectivity index (χ0v) is 11.5. The van der Waals surface area contributed by atoms with Crippen molar-refractivity contribution in [1.82, 2.24) is 0 Å². The van der Waals surface area contributed by atoms with Crippen molar-refractivity contribution in [2.24, 2.45) is 0 Å². The van der Waals surface area contributed by atoms with E-state index in [2.05, 4.69) is 0 Å². The van der Waals surface area contributed by atoms with Gasteiger partial charge >= 0.3 is 10.1 Å². The number of benzene rings is 2. The first-order valence-electron chi connectivity index (χ1n) is 5.33. The van der Waals surface area contributed by atoms with Gasteiger partial charge in [-0.2, -0.15) is 13.7 Å². The maximum Gasteiger partial charge on any atom is 0.339 e. The maximum atomic E-state index is 13.0. The number of halogens is 2. The summed E-state index contributed by atoms with van der Waals surface area (Å²) < 4.78 is 41.9. The van der Waals surface area contributed by atoms with Gasteiger partial charge in [0, 0.05) is 0 Å². The minimum absolute atomic E-state index is 0.0734. The van der Waals surface area contributed by atoms with Crippen LogP contribution in [0.25, 0.3) is 0 Å². The zero-order chi connectivity index (χ0) is 14.8. The lowest BCUT2D eigenvalue weighted by Gasteiger charge is -2.08. The van der Waals surface area contributed by atoms with Crippen LogP contribution in [0.15, 0.2) is 47.4 Å². The number of rotatable bonds is 3. The summed E-state index contributed by atoms with van der Waals surface area (Å²) in [5.41, 5.74) is 0.0734. The highest BCUT2D eigenvalue weighted by atomic mass is 35.5. The molecule has 0 fully saturated rings. The molecule has 0 aliphatic heterocycles. The van der Waals surface area contributed by atoms with E-state index in [1.165, 1.54) is 18.2 Å². The molecule has 2 aromatic carbocycles. The topological polar surface area (TPSA) is 67.2 Å². The lowest BCUT2D eigenvalue weighted by Crippen LogP contribution is -2.10. The summed E-state index contributed by atoms with van der Waals surface area (Å²) in [5.74, 6) is -0.835. The van der Waals surface area contributed by atoms with E-state index < -0.39 is 15.9 Å². The highest BCUT2D eigenvalue weighted by Gasteiger charge is 2.19. The molecule has 0 radical (unpaired) electrons. The van der Waals surface area contributed by atoms with Crippen LogP contribution in [0.2, 0.25) is 5.02 Å². The summed E-state index contributed by atoms with van der Waals surface area (Å²) in [7, 11) is -4.19. The Morgan fingerprint density at radius 2 is 1.90 bits per heavy atom. The van der Waals surface area contributed by atoms with E-state index in [-0.39, 0.29) is 21.2 Å². The van der Waals surface area contributed by atoms with Gasteiger partial charge in [-0.25, -0.2) is 4.39 Å². The molecule has 2 aromatic rings. The molecule has 0 atom stereocenters. The summed E-state index contributed by atoms with van der Waals surface area (Å²) in [6.45, 7) is 0. The van der Waals surface area contributed by atoms with Crippen LogP contribution < -0.4 is 4.18 Å². The van der Waals surface area contributed by atoms with Gasteiger partial charge in [-0.15, -0.1) is 0 Å². The fraction of sp³-hybridized carbons (Fsp3) is 0. The van der Waals surface area contributed by atoms with Crippen molar-refractivity contribution in [3.63, 3.8) is 0 Å². The lowest BCUT2D eigenvalue weighted by molar-refractivity contribution is 0.485. The Bertz CT molecular complexity index is 800. The van der Waals surface area contributed by atoms with Crippen molar-refractivity contribution < 1.29 is 17.0 Å². The van der Waals surface area contributed by atoms with Crippen molar-refractivity contribution in [2.75, 3.05) is 0 Å². The largest absolute Gasteiger partial charge is 0.378 e. The Kier molecular flexibility index (Phi) is 3.93.